The van der Waals surface area contributed by atoms with Crippen LogP contribution in [0.4, 0.5) is 11.4 Å². The largest absolute Gasteiger partial charge is 0.399 e. The predicted molar refractivity (Wildman–Crippen MR) is 74.8 cm³/mol. The Hall–Kier alpha value is -1.55. The van der Waals surface area contributed by atoms with Gasteiger partial charge in [0.05, 0.1) is 0 Å². The Kier molecular flexibility index (Phi) is 3.64. The van der Waals surface area contributed by atoms with E-state index in [2.05, 4.69) is 33.2 Å². The van der Waals surface area contributed by atoms with Crippen molar-refractivity contribution in [2.24, 2.45) is 0 Å². The molecule has 2 rings (SSSR count). The minimum Gasteiger partial charge on any atom is -0.399 e. The summed E-state index contributed by atoms with van der Waals surface area (Å²) in [4.78, 5) is 4.01. The topological polar surface area (TPSA) is 50.9 Å². The SMILES string of the molecule is CC(Nc1ccc(N)cc1Br)c1ccncc1. The zero-order valence-corrected chi connectivity index (χ0v) is 11.1. The molecule has 1 unspecified atom stereocenters. The summed E-state index contributed by atoms with van der Waals surface area (Å²) in [6.45, 7) is 2.11. The summed E-state index contributed by atoms with van der Waals surface area (Å²) in [6, 6.07) is 9.97. The number of hydrogen-bond donors (Lipinski definition) is 2. The van der Waals surface area contributed by atoms with Gasteiger partial charge in [0, 0.05) is 34.3 Å². The van der Waals surface area contributed by atoms with Crippen LogP contribution in [-0.2, 0) is 0 Å². The first kappa shape index (κ1) is 11.9. The number of aromatic nitrogens is 1. The summed E-state index contributed by atoms with van der Waals surface area (Å²) in [5, 5.41) is 3.42. The summed E-state index contributed by atoms with van der Waals surface area (Å²) >= 11 is 3.49. The Bertz CT molecular complexity index is 499. The van der Waals surface area contributed by atoms with Crippen molar-refractivity contribution in [2.45, 2.75) is 13.0 Å². The lowest BCUT2D eigenvalue weighted by molar-refractivity contribution is 0.880. The molecule has 0 radical (unpaired) electrons. The van der Waals surface area contributed by atoms with Gasteiger partial charge in [0.2, 0.25) is 0 Å². The standard InChI is InChI=1S/C13H14BrN3/c1-9(10-4-6-16-7-5-10)17-13-3-2-11(15)8-12(13)14/h2-9,17H,15H2,1H3. The van der Waals surface area contributed by atoms with Crippen molar-refractivity contribution in [1.29, 1.82) is 0 Å². The van der Waals surface area contributed by atoms with E-state index in [1.807, 2.05) is 30.3 Å². The van der Waals surface area contributed by atoms with Crippen LogP contribution in [0.3, 0.4) is 0 Å². The molecule has 3 nitrogen and oxygen atoms in total. The van der Waals surface area contributed by atoms with Gasteiger partial charge in [-0.2, -0.15) is 0 Å². The van der Waals surface area contributed by atoms with Crippen LogP contribution >= 0.6 is 15.9 Å². The average Bonchev–Trinajstić information content (AvgIpc) is 2.34. The molecule has 88 valence electrons. The monoisotopic (exact) mass is 291 g/mol. The molecule has 0 aliphatic heterocycles. The van der Waals surface area contributed by atoms with Crippen LogP contribution in [0.25, 0.3) is 0 Å². The van der Waals surface area contributed by atoms with E-state index in [-0.39, 0.29) is 6.04 Å². The Morgan fingerprint density at radius 3 is 2.59 bits per heavy atom. The van der Waals surface area contributed by atoms with E-state index in [0.717, 1.165) is 15.8 Å². The Morgan fingerprint density at radius 2 is 1.94 bits per heavy atom. The highest BCUT2D eigenvalue weighted by Crippen LogP contribution is 2.28. The van der Waals surface area contributed by atoms with Gasteiger partial charge in [-0.15, -0.1) is 0 Å². The fourth-order valence-corrected chi connectivity index (χ4v) is 2.13. The van der Waals surface area contributed by atoms with Crippen LogP contribution in [0.1, 0.15) is 18.5 Å². The molecule has 2 aromatic rings. The molecule has 1 aromatic carbocycles. The third-order valence-corrected chi connectivity index (χ3v) is 3.23. The highest BCUT2D eigenvalue weighted by Gasteiger charge is 2.07. The maximum Gasteiger partial charge on any atom is 0.0490 e. The number of nitrogens with one attached hydrogen (secondary N) is 1. The lowest BCUT2D eigenvalue weighted by Crippen LogP contribution is -2.07. The number of benzene rings is 1. The number of nitrogens with zero attached hydrogens (tertiary/aromatic N) is 1. The smallest absolute Gasteiger partial charge is 0.0490 e. The number of pyridine rings is 1. The third-order valence-electron chi connectivity index (χ3n) is 2.57. The number of nitrogens with two attached hydrogens (primary N) is 1. The molecule has 0 fully saturated rings. The number of hydrogen-bond acceptors (Lipinski definition) is 3. The summed E-state index contributed by atoms with van der Waals surface area (Å²) in [7, 11) is 0. The van der Waals surface area contributed by atoms with Gasteiger partial charge in [0.15, 0.2) is 0 Å². The highest BCUT2D eigenvalue weighted by molar-refractivity contribution is 9.10. The molecule has 4 heteroatoms. The van der Waals surface area contributed by atoms with Gasteiger partial charge in [-0.25, -0.2) is 0 Å². The summed E-state index contributed by atoms with van der Waals surface area (Å²) in [5.41, 5.74) is 8.68. The zero-order chi connectivity index (χ0) is 12.3. The predicted octanol–water partition coefficient (Wildman–Crippen LogP) is 3.60. The van der Waals surface area contributed by atoms with Crippen molar-refractivity contribution < 1.29 is 0 Å². The van der Waals surface area contributed by atoms with Crippen LogP contribution in [-0.4, -0.2) is 4.98 Å². The second-order valence-corrected chi connectivity index (χ2v) is 4.74. The van der Waals surface area contributed by atoms with Crippen molar-refractivity contribution in [3.63, 3.8) is 0 Å². The molecular formula is C13H14BrN3. The van der Waals surface area contributed by atoms with Gasteiger partial charge < -0.3 is 11.1 Å². The molecule has 1 heterocycles. The van der Waals surface area contributed by atoms with Crippen LogP contribution in [0, 0.1) is 0 Å². The van der Waals surface area contributed by atoms with Crippen LogP contribution in [0.5, 0.6) is 0 Å². The van der Waals surface area contributed by atoms with E-state index in [0.29, 0.717) is 0 Å². The lowest BCUT2D eigenvalue weighted by atomic mass is 10.1. The van der Waals surface area contributed by atoms with E-state index < -0.39 is 0 Å². The Labute approximate surface area is 109 Å². The van der Waals surface area contributed by atoms with Crippen LogP contribution in [0.2, 0.25) is 0 Å². The van der Waals surface area contributed by atoms with Crippen molar-refractivity contribution in [2.75, 3.05) is 11.1 Å². The minimum absolute atomic E-state index is 0.220. The van der Waals surface area contributed by atoms with Crippen molar-refractivity contribution in [1.82, 2.24) is 4.98 Å². The highest BCUT2D eigenvalue weighted by atomic mass is 79.9. The lowest BCUT2D eigenvalue weighted by Gasteiger charge is -2.16. The van der Waals surface area contributed by atoms with E-state index in [1.54, 1.807) is 12.4 Å². The van der Waals surface area contributed by atoms with Crippen molar-refractivity contribution >= 4 is 27.3 Å². The first-order valence-electron chi connectivity index (χ1n) is 5.38. The van der Waals surface area contributed by atoms with Gasteiger partial charge in [-0.1, -0.05) is 0 Å². The van der Waals surface area contributed by atoms with Gasteiger partial charge in [0.1, 0.15) is 0 Å². The second-order valence-electron chi connectivity index (χ2n) is 3.89. The van der Waals surface area contributed by atoms with Crippen molar-refractivity contribution in [3.8, 4) is 0 Å². The summed E-state index contributed by atoms with van der Waals surface area (Å²) in [6.07, 6.45) is 3.59. The molecule has 0 aliphatic rings. The summed E-state index contributed by atoms with van der Waals surface area (Å²) < 4.78 is 0.971. The Morgan fingerprint density at radius 1 is 1.24 bits per heavy atom. The summed E-state index contributed by atoms with van der Waals surface area (Å²) in [5.74, 6) is 0. The molecule has 0 saturated heterocycles. The molecule has 0 amide bonds. The maximum atomic E-state index is 5.70. The molecular weight excluding hydrogens is 278 g/mol. The van der Waals surface area contributed by atoms with Gasteiger partial charge >= 0.3 is 0 Å². The molecule has 17 heavy (non-hydrogen) atoms. The molecule has 0 saturated carbocycles. The van der Waals surface area contributed by atoms with E-state index in [1.165, 1.54) is 5.56 Å². The fourth-order valence-electron chi connectivity index (χ4n) is 1.62. The van der Waals surface area contributed by atoms with Gasteiger partial charge in [0.25, 0.3) is 0 Å². The van der Waals surface area contributed by atoms with E-state index in [4.69, 9.17) is 5.73 Å². The van der Waals surface area contributed by atoms with Gasteiger partial charge in [-0.05, 0) is 58.7 Å². The minimum atomic E-state index is 0.220. The first-order valence-corrected chi connectivity index (χ1v) is 6.17. The third kappa shape index (κ3) is 2.97. The van der Waals surface area contributed by atoms with E-state index in [9.17, 15) is 0 Å². The fraction of sp³-hybridized carbons (Fsp3) is 0.154. The molecule has 1 aromatic heterocycles. The molecule has 3 N–H and O–H groups in total. The molecule has 0 aliphatic carbocycles. The second kappa shape index (κ2) is 5.19. The quantitative estimate of drug-likeness (QED) is 0.850. The molecule has 0 bridgehead atoms. The number of rotatable bonds is 3. The van der Waals surface area contributed by atoms with Crippen molar-refractivity contribution in [3.05, 3.63) is 52.8 Å². The van der Waals surface area contributed by atoms with E-state index >= 15 is 0 Å². The maximum absolute atomic E-state index is 5.70. The van der Waals surface area contributed by atoms with Crippen LogP contribution in [0.15, 0.2) is 47.2 Å². The molecule has 0 spiro atoms. The number of halogens is 1. The number of anilines is 2. The van der Waals surface area contributed by atoms with Crippen LogP contribution < -0.4 is 11.1 Å². The Balaban J connectivity index is 2.16. The van der Waals surface area contributed by atoms with Gasteiger partial charge in [-0.3, -0.25) is 4.98 Å². The molecule has 1 atom stereocenters. The zero-order valence-electron chi connectivity index (χ0n) is 9.52. The normalized spacial score (nSPS) is 12.1. The first-order chi connectivity index (χ1) is 8.16. The average molecular weight is 292 g/mol. The number of nitrogen functional groups attached to an aromatic ring is 1.